The molecule has 3 heterocycles. The molecule has 3 atom stereocenters. The standard InChI is InChI=1S/C13H19BrN2O/c1-9(12-4-5-13(14)17-12)16-7-10-3-2-6-15-11(10)8-16/h4-5,9-11,15H,2-3,6-8H2,1H3. The van der Waals surface area contributed by atoms with Gasteiger partial charge in [-0.2, -0.15) is 0 Å². The predicted molar refractivity (Wildman–Crippen MR) is 70.9 cm³/mol. The van der Waals surface area contributed by atoms with E-state index in [1.54, 1.807) is 0 Å². The van der Waals surface area contributed by atoms with Crippen molar-refractivity contribution < 1.29 is 4.42 Å². The first-order valence-electron chi connectivity index (χ1n) is 6.46. The van der Waals surface area contributed by atoms with Gasteiger partial charge in [0.05, 0.1) is 6.04 Å². The van der Waals surface area contributed by atoms with Gasteiger partial charge in [0.15, 0.2) is 4.67 Å². The molecule has 2 aliphatic rings. The summed E-state index contributed by atoms with van der Waals surface area (Å²) in [6, 6.07) is 5.13. The maximum Gasteiger partial charge on any atom is 0.169 e. The van der Waals surface area contributed by atoms with Crippen LogP contribution >= 0.6 is 15.9 Å². The van der Waals surface area contributed by atoms with Crippen LogP contribution in [0.4, 0.5) is 0 Å². The van der Waals surface area contributed by atoms with Crippen LogP contribution in [0, 0.1) is 5.92 Å². The topological polar surface area (TPSA) is 28.4 Å². The van der Waals surface area contributed by atoms with Crippen molar-refractivity contribution in [3.63, 3.8) is 0 Å². The third-order valence-corrected chi connectivity index (χ3v) is 4.61. The number of nitrogens with zero attached hydrogens (tertiary/aromatic N) is 1. The highest BCUT2D eigenvalue weighted by Crippen LogP contribution is 2.32. The first kappa shape index (κ1) is 11.8. The fourth-order valence-electron chi connectivity index (χ4n) is 3.13. The third kappa shape index (κ3) is 2.30. The zero-order chi connectivity index (χ0) is 11.8. The van der Waals surface area contributed by atoms with Gasteiger partial charge in [-0.25, -0.2) is 0 Å². The third-order valence-electron chi connectivity index (χ3n) is 4.18. The predicted octanol–water partition coefficient (Wildman–Crippen LogP) is 2.79. The Labute approximate surface area is 111 Å². The van der Waals surface area contributed by atoms with Crippen molar-refractivity contribution in [1.82, 2.24) is 10.2 Å². The second-order valence-corrected chi connectivity index (χ2v) is 6.02. The van der Waals surface area contributed by atoms with E-state index in [0.29, 0.717) is 12.1 Å². The van der Waals surface area contributed by atoms with Gasteiger partial charge >= 0.3 is 0 Å². The number of furan rings is 1. The Hall–Kier alpha value is -0.320. The van der Waals surface area contributed by atoms with E-state index in [4.69, 9.17) is 4.42 Å². The molecule has 3 nitrogen and oxygen atoms in total. The first-order chi connectivity index (χ1) is 8.24. The van der Waals surface area contributed by atoms with Crippen molar-refractivity contribution in [3.05, 3.63) is 22.6 Å². The van der Waals surface area contributed by atoms with Crippen molar-refractivity contribution in [2.45, 2.75) is 31.8 Å². The first-order valence-corrected chi connectivity index (χ1v) is 7.26. The molecule has 0 saturated carbocycles. The summed E-state index contributed by atoms with van der Waals surface area (Å²) in [4.78, 5) is 2.54. The Bertz CT molecular complexity index is 379. The van der Waals surface area contributed by atoms with Crippen LogP contribution in [-0.2, 0) is 0 Å². The van der Waals surface area contributed by atoms with E-state index in [1.807, 2.05) is 6.07 Å². The van der Waals surface area contributed by atoms with Crippen LogP contribution in [-0.4, -0.2) is 30.6 Å². The number of nitrogens with one attached hydrogen (secondary N) is 1. The normalized spacial score (nSPS) is 31.4. The van der Waals surface area contributed by atoms with Gasteiger partial charge < -0.3 is 9.73 Å². The minimum absolute atomic E-state index is 0.383. The fourth-order valence-corrected chi connectivity index (χ4v) is 3.45. The number of likely N-dealkylation sites (tertiary alicyclic amines) is 1. The lowest BCUT2D eigenvalue weighted by atomic mass is 9.94. The van der Waals surface area contributed by atoms with Crippen LogP contribution in [0.3, 0.4) is 0 Å². The maximum absolute atomic E-state index is 5.67. The van der Waals surface area contributed by atoms with E-state index in [9.17, 15) is 0 Å². The zero-order valence-electron chi connectivity index (χ0n) is 10.2. The van der Waals surface area contributed by atoms with Gasteiger partial charge in [0, 0.05) is 19.1 Å². The Morgan fingerprint density at radius 2 is 2.35 bits per heavy atom. The number of hydrogen-bond acceptors (Lipinski definition) is 3. The van der Waals surface area contributed by atoms with Gasteiger partial charge in [-0.05, 0) is 60.3 Å². The molecule has 3 unspecified atom stereocenters. The maximum atomic E-state index is 5.67. The van der Waals surface area contributed by atoms with Crippen LogP contribution in [0.2, 0.25) is 0 Å². The van der Waals surface area contributed by atoms with Crippen molar-refractivity contribution in [1.29, 1.82) is 0 Å². The summed E-state index contributed by atoms with van der Waals surface area (Å²) in [6.07, 6.45) is 2.71. The Balaban J connectivity index is 1.69. The quantitative estimate of drug-likeness (QED) is 0.910. The number of piperidine rings is 1. The van der Waals surface area contributed by atoms with E-state index in [0.717, 1.165) is 22.9 Å². The summed E-state index contributed by atoms with van der Waals surface area (Å²) in [5.41, 5.74) is 0. The van der Waals surface area contributed by atoms with E-state index in [-0.39, 0.29) is 0 Å². The summed E-state index contributed by atoms with van der Waals surface area (Å²) < 4.78 is 6.49. The van der Waals surface area contributed by atoms with Crippen molar-refractivity contribution in [2.75, 3.05) is 19.6 Å². The van der Waals surface area contributed by atoms with Crippen molar-refractivity contribution in [2.24, 2.45) is 5.92 Å². The molecule has 1 N–H and O–H groups in total. The molecule has 2 aliphatic heterocycles. The van der Waals surface area contributed by atoms with Gasteiger partial charge in [0.1, 0.15) is 5.76 Å². The fraction of sp³-hybridized carbons (Fsp3) is 0.692. The van der Waals surface area contributed by atoms with Crippen LogP contribution in [0.1, 0.15) is 31.6 Å². The Morgan fingerprint density at radius 3 is 3.06 bits per heavy atom. The van der Waals surface area contributed by atoms with Crippen LogP contribution in [0.5, 0.6) is 0 Å². The van der Waals surface area contributed by atoms with Crippen LogP contribution in [0.25, 0.3) is 0 Å². The van der Waals surface area contributed by atoms with Crippen LogP contribution in [0.15, 0.2) is 21.2 Å². The smallest absolute Gasteiger partial charge is 0.169 e. The summed E-state index contributed by atoms with van der Waals surface area (Å²) in [5, 5.41) is 3.64. The lowest BCUT2D eigenvalue weighted by Gasteiger charge is -2.24. The molecule has 2 fully saturated rings. The minimum atomic E-state index is 0.383. The Morgan fingerprint density at radius 1 is 1.47 bits per heavy atom. The molecular formula is C13H19BrN2O. The number of rotatable bonds is 2. The summed E-state index contributed by atoms with van der Waals surface area (Å²) in [7, 11) is 0. The zero-order valence-corrected chi connectivity index (χ0v) is 11.7. The second kappa shape index (κ2) is 4.75. The highest BCUT2D eigenvalue weighted by molar-refractivity contribution is 9.10. The SMILES string of the molecule is CC(c1ccc(Br)o1)N1CC2CCCNC2C1. The largest absolute Gasteiger partial charge is 0.453 e. The van der Waals surface area contributed by atoms with E-state index in [2.05, 4.69) is 39.1 Å². The summed E-state index contributed by atoms with van der Waals surface area (Å²) >= 11 is 3.37. The number of fused-ring (bicyclic) bond motifs is 1. The lowest BCUT2D eigenvalue weighted by molar-refractivity contribution is 0.220. The van der Waals surface area contributed by atoms with Crippen molar-refractivity contribution >= 4 is 15.9 Å². The molecule has 4 heteroatoms. The minimum Gasteiger partial charge on any atom is -0.453 e. The molecule has 0 amide bonds. The van der Waals surface area contributed by atoms with Gasteiger partial charge in [0.2, 0.25) is 0 Å². The molecule has 0 aliphatic carbocycles. The molecule has 3 rings (SSSR count). The van der Waals surface area contributed by atoms with E-state index >= 15 is 0 Å². The average Bonchev–Trinajstić information content (AvgIpc) is 2.93. The average molecular weight is 299 g/mol. The molecule has 94 valence electrons. The van der Waals surface area contributed by atoms with Gasteiger partial charge in [-0.3, -0.25) is 4.90 Å². The molecule has 0 aromatic carbocycles. The highest BCUT2D eigenvalue weighted by Gasteiger charge is 2.36. The molecule has 1 aromatic rings. The Kier molecular flexibility index (Phi) is 3.28. The van der Waals surface area contributed by atoms with Gasteiger partial charge in [-0.1, -0.05) is 0 Å². The van der Waals surface area contributed by atoms with E-state index in [1.165, 1.54) is 25.9 Å². The van der Waals surface area contributed by atoms with E-state index < -0.39 is 0 Å². The molecule has 1 aromatic heterocycles. The lowest BCUT2D eigenvalue weighted by Crippen LogP contribution is -2.40. The molecule has 0 radical (unpaired) electrons. The van der Waals surface area contributed by atoms with Gasteiger partial charge in [0.25, 0.3) is 0 Å². The van der Waals surface area contributed by atoms with Crippen molar-refractivity contribution in [3.8, 4) is 0 Å². The van der Waals surface area contributed by atoms with Crippen LogP contribution < -0.4 is 5.32 Å². The highest BCUT2D eigenvalue weighted by atomic mass is 79.9. The molecule has 0 bridgehead atoms. The van der Waals surface area contributed by atoms with Gasteiger partial charge in [-0.15, -0.1) is 0 Å². The molecule has 17 heavy (non-hydrogen) atoms. The molecule has 0 spiro atoms. The summed E-state index contributed by atoms with van der Waals surface area (Å²) in [6.45, 7) is 5.79. The second-order valence-electron chi connectivity index (χ2n) is 5.23. The molecular weight excluding hydrogens is 280 g/mol. The number of halogens is 1. The summed E-state index contributed by atoms with van der Waals surface area (Å²) in [5.74, 6) is 1.90. The molecule has 2 saturated heterocycles. The monoisotopic (exact) mass is 298 g/mol. The number of hydrogen-bond donors (Lipinski definition) is 1.